The van der Waals surface area contributed by atoms with E-state index < -0.39 is 6.10 Å². The van der Waals surface area contributed by atoms with Crippen molar-refractivity contribution in [2.75, 3.05) is 26.3 Å². The summed E-state index contributed by atoms with van der Waals surface area (Å²) in [6, 6.07) is 0. The van der Waals surface area contributed by atoms with Gasteiger partial charge in [0.2, 0.25) is 5.91 Å². The molecule has 9 heteroatoms. The fourth-order valence-electron chi connectivity index (χ4n) is 8.57. The van der Waals surface area contributed by atoms with Gasteiger partial charge in [-0.1, -0.05) is 237 Å². The molecule has 1 amide bonds. The molecule has 0 aliphatic carbocycles. The molecule has 398 valence electrons. The Balaban J connectivity index is 4.33. The first-order valence-electron chi connectivity index (χ1n) is 29.2. The van der Waals surface area contributed by atoms with Crippen molar-refractivity contribution in [1.29, 1.82) is 0 Å². The molecule has 68 heavy (non-hydrogen) atoms. The van der Waals surface area contributed by atoms with Crippen LogP contribution in [0.5, 0.6) is 0 Å². The van der Waals surface area contributed by atoms with E-state index in [1.54, 1.807) is 0 Å². The predicted molar refractivity (Wildman–Crippen MR) is 287 cm³/mol. The van der Waals surface area contributed by atoms with Gasteiger partial charge in [0.25, 0.3) is 0 Å². The first kappa shape index (κ1) is 65.3. The molecule has 0 radical (unpaired) electrons. The van der Waals surface area contributed by atoms with Gasteiger partial charge in [0.1, 0.15) is 13.2 Å². The van der Waals surface area contributed by atoms with Gasteiger partial charge in [0.05, 0.1) is 0 Å². The van der Waals surface area contributed by atoms with Crippen LogP contribution in [-0.2, 0) is 33.4 Å². The van der Waals surface area contributed by atoms with E-state index in [4.69, 9.17) is 19.9 Å². The molecule has 0 aliphatic rings. The molecule has 0 aromatic carbocycles. The summed E-state index contributed by atoms with van der Waals surface area (Å²) in [5.74, 6) is -0.792. The highest BCUT2D eigenvalue weighted by Gasteiger charge is 2.19. The second-order valence-corrected chi connectivity index (χ2v) is 19.7. The van der Waals surface area contributed by atoms with E-state index in [1.165, 1.54) is 161 Å². The Morgan fingerprint density at radius 3 is 1.09 bits per heavy atom. The number of hydrogen-bond donors (Lipinski definition) is 2. The number of esters is 3. The zero-order valence-corrected chi connectivity index (χ0v) is 44.8. The average Bonchev–Trinajstić information content (AvgIpc) is 3.33. The maximum absolute atomic E-state index is 12.8. The molecule has 0 saturated heterocycles. The van der Waals surface area contributed by atoms with E-state index in [9.17, 15) is 19.2 Å². The van der Waals surface area contributed by atoms with Gasteiger partial charge >= 0.3 is 17.9 Å². The fraction of sp³-hybridized carbons (Fsp3) is 0.864. The summed E-state index contributed by atoms with van der Waals surface area (Å²) in [6.07, 6.45) is 57.5. The van der Waals surface area contributed by atoms with Crippen LogP contribution < -0.4 is 11.1 Å². The van der Waals surface area contributed by atoms with Crippen LogP contribution in [0.3, 0.4) is 0 Å². The number of unbranched alkanes of at least 4 members (excludes halogenated alkanes) is 35. The number of nitrogens with two attached hydrogens (primary N) is 1. The minimum absolute atomic E-state index is 0.0870. The first-order chi connectivity index (χ1) is 33.4. The SMILES string of the molecule is CCCCCC=CCC=CCCCCCCCC(=O)OC(COC(=O)CCCCCCCCCCCCCCCCC)COC(=O)CCCCCCCCCCCCCCCCC(=O)NCCN. The Morgan fingerprint density at radius 1 is 0.397 bits per heavy atom. The number of ether oxygens (including phenoxy) is 3. The Bertz CT molecular complexity index is 1170. The second kappa shape index (κ2) is 55.2. The average molecular weight is 960 g/mol. The smallest absolute Gasteiger partial charge is 0.306 e. The number of nitrogens with one attached hydrogen (secondary N) is 1. The fourth-order valence-corrected chi connectivity index (χ4v) is 8.57. The zero-order valence-electron chi connectivity index (χ0n) is 44.8. The van der Waals surface area contributed by atoms with E-state index >= 15 is 0 Å². The summed E-state index contributed by atoms with van der Waals surface area (Å²) in [7, 11) is 0. The third kappa shape index (κ3) is 52.7. The molecule has 0 bridgehead atoms. The third-order valence-electron chi connectivity index (χ3n) is 13.0. The van der Waals surface area contributed by atoms with Crippen molar-refractivity contribution in [1.82, 2.24) is 5.32 Å². The number of rotatable bonds is 54. The van der Waals surface area contributed by atoms with Crippen molar-refractivity contribution in [3.8, 4) is 0 Å². The Kier molecular flexibility index (Phi) is 53.1. The van der Waals surface area contributed by atoms with Crippen LogP contribution in [0, 0.1) is 0 Å². The summed E-state index contributed by atoms with van der Waals surface area (Å²) in [5.41, 5.74) is 5.42. The van der Waals surface area contributed by atoms with Gasteiger partial charge in [0, 0.05) is 38.8 Å². The van der Waals surface area contributed by atoms with Gasteiger partial charge in [-0.25, -0.2) is 0 Å². The molecule has 0 fully saturated rings. The quantitative estimate of drug-likeness (QED) is 0.0266. The molecule has 0 aliphatic heterocycles. The predicted octanol–water partition coefficient (Wildman–Crippen LogP) is 16.4. The Hall–Kier alpha value is -2.68. The van der Waals surface area contributed by atoms with Crippen molar-refractivity contribution in [2.45, 2.75) is 302 Å². The minimum atomic E-state index is -0.791. The van der Waals surface area contributed by atoms with Gasteiger partial charge in [-0.05, 0) is 57.8 Å². The van der Waals surface area contributed by atoms with Crippen LogP contribution in [0.4, 0.5) is 0 Å². The first-order valence-corrected chi connectivity index (χ1v) is 29.2. The molecule has 1 unspecified atom stereocenters. The molecule has 1 atom stereocenters. The van der Waals surface area contributed by atoms with Crippen molar-refractivity contribution >= 4 is 23.8 Å². The molecule has 9 nitrogen and oxygen atoms in total. The summed E-state index contributed by atoms with van der Waals surface area (Å²) in [6.45, 7) is 5.39. The zero-order chi connectivity index (χ0) is 49.5. The van der Waals surface area contributed by atoms with Gasteiger partial charge in [-0.15, -0.1) is 0 Å². The van der Waals surface area contributed by atoms with Gasteiger partial charge in [0.15, 0.2) is 6.10 Å². The number of carbonyl (C=O) groups excluding carboxylic acids is 4. The van der Waals surface area contributed by atoms with Crippen LogP contribution >= 0.6 is 0 Å². The maximum atomic E-state index is 12.8. The molecule has 0 aromatic rings. The molecule has 0 saturated carbocycles. The number of carbonyl (C=O) groups is 4. The van der Waals surface area contributed by atoms with Crippen molar-refractivity contribution < 1.29 is 33.4 Å². The third-order valence-corrected chi connectivity index (χ3v) is 13.0. The second-order valence-electron chi connectivity index (χ2n) is 19.7. The molecule has 3 N–H and O–H groups in total. The van der Waals surface area contributed by atoms with E-state index in [0.717, 1.165) is 96.3 Å². The summed E-state index contributed by atoms with van der Waals surface area (Å²) >= 11 is 0. The molecular formula is C59H110N2O7. The molecule has 0 spiro atoms. The highest BCUT2D eigenvalue weighted by Crippen LogP contribution is 2.17. The van der Waals surface area contributed by atoms with Gasteiger partial charge < -0.3 is 25.3 Å². The number of amides is 1. The van der Waals surface area contributed by atoms with E-state index in [2.05, 4.69) is 43.5 Å². The summed E-state index contributed by atoms with van der Waals surface area (Å²) < 4.78 is 16.9. The van der Waals surface area contributed by atoms with Crippen molar-refractivity contribution in [3.05, 3.63) is 24.3 Å². The van der Waals surface area contributed by atoms with E-state index in [1.807, 2.05) is 0 Å². The summed E-state index contributed by atoms with van der Waals surface area (Å²) in [4.78, 5) is 49.8. The largest absolute Gasteiger partial charge is 0.462 e. The molecular weight excluding hydrogens is 849 g/mol. The van der Waals surface area contributed by atoms with Gasteiger partial charge in [-0.3, -0.25) is 19.2 Å². The number of allylic oxidation sites excluding steroid dienone is 4. The maximum Gasteiger partial charge on any atom is 0.306 e. The normalized spacial score (nSPS) is 12.0. The lowest BCUT2D eigenvalue weighted by Crippen LogP contribution is -2.30. The summed E-state index contributed by atoms with van der Waals surface area (Å²) in [5, 5.41) is 2.83. The monoisotopic (exact) mass is 959 g/mol. The van der Waals surface area contributed by atoms with Crippen LogP contribution in [-0.4, -0.2) is 56.2 Å². The number of hydrogen-bond acceptors (Lipinski definition) is 8. The lowest BCUT2D eigenvalue weighted by atomic mass is 10.0. The Labute approximate surface area is 419 Å². The van der Waals surface area contributed by atoms with Crippen LogP contribution in [0.2, 0.25) is 0 Å². The topological polar surface area (TPSA) is 134 Å². The minimum Gasteiger partial charge on any atom is -0.462 e. The lowest BCUT2D eigenvalue weighted by Gasteiger charge is -2.18. The van der Waals surface area contributed by atoms with Gasteiger partial charge in [-0.2, -0.15) is 0 Å². The van der Waals surface area contributed by atoms with Crippen molar-refractivity contribution in [2.24, 2.45) is 5.73 Å². The van der Waals surface area contributed by atoms with Crippen LogP contribution in [0.25, 0.3) is 0 Å². The van der Waals surface area contributed by atoms with Crippen LogP contribution in [0.1, 0.15) is 296 Å². The standard InChI is InChI=1S/C59H110N2O7/c1-3-5-7-9-11-13-15-17-19-24-28-32-36-40-44-48-57(63)66-53-55(68-59(65)50-46-42-38-34-30-26-20-18-16-14-12-10-8-6-4-2)54-67-58(64)49-45-41-37-33-29-25-22-21-23-27-31-35-39-43-47-56(62)61-52-51-60/h12,14,18,20,55H,3-11,13,15-17,19,21-54,60H2,1-2H3,(H,61,62). The molecule has 0 heterocycles. The highest BCUT2D eigenvalue weighted by atomic mass is 16.6. The van der Waals surface area contributed by atoms with Crippen molar-refractivity contribution in [3.63, 3.8) is 0 Å². The molecule has 0 aromatic heterocycles. The molecule has 0 rings (SSSR count). The highest BCUT2D eigenvalue weighted by molar-refractivity contribution is 5.75. The van der Waals surface area contributed by atoms with E-state index in [-0.39, 0.29) is 37.0 Å². The van der Waals surface area contributed by atoms with E-state index in [0.29, 0.717) is 38.8 Å². The Morgan fingerprint density at radius 2 is 0.706 bits per heavy atom. The van der Waals surface area contributed by atoms with Crippen LogP contribution in [0.15, 0.2) is 24.3 Å². The lowest BCUT2D eigenvalue weighted by molar-refractivity contribution is -0.167.